The first-order chi connectivity index (χ1) is 9.47. The molecule has 0 aliphatic rings. The van der Waals surface area contributed by atoms with Gasteiger partial charge >= 0.3 is 5.97 Å². The van der Waals surface area contributed by atoms with E-state index in [-0.39, 0.29) is 11.9 Å². The maximum atomic E-state index is 11.7. The molecule has 0 radical (unpaired) electrons. The van der Waals surface area contributed by atoms with E-state index < -0.39 is 6.04 Å². The minimum absolute atomic E-state index is 0.0616. The molecule has 1 N–H and O–H groups in total. The van der Waals surface area contributed by atoms with Crippen LogP contribution in [0.1, 0.15) is 32.9 Å². The average molecular weight is 281 g/mol. The SMILES string of the molecule is CCCOc1cc(C)nc(NC(C(=O)OC)C(C)C)n1. The van der Waals surface area contributed by atoms with Gasteiger partial charge in [-0.15, -0.1) is 0 Å². The van der Waals surface area contributed by atoms with Crippen LogP contribution in [-0.4, -0.2) is 35.7 Å². The van der Waals surface area contributed by atoms with Gasteiger partial charge in [0.25, 0.3) is 0 Å². The van der Waals surface area contributed by atoms with E-state index in [1.807, 2.05) is 27.7 Å². The highest BCUT2D eigenvalue weighted by atomic mass is 16.5. The van der Waals surface area contributed by atoms with Crippen LogP contribution in [0.15, 0.2) is 6.07 Å². The lowest BCUT2D eigenvalue weighted by Gasteiger charge is -2.20. The topological polar surface area (TPSA) is 73.3 Å². The number of aromatic nitrogens is 2. The summed E-state index contributed by atoms with van der Waals surface area (Å²) in [6.07, 6.45) is 0.905. The number of aryl methyl sites for hydroxylation is 1. The fourth-order valence-corrected chi connectivity index (χ4v) is 1.65. The molecule has 0 aliphatic heterocycles. The molecule has 0 spiro atoms. The molecule has 6 heteroatoms. The van der Waals surface area contributed by atoms with E-state index in [9.17, 15) is 4.79 Å². The summed E-state index contributed by atoms with van der Waals surface area (Å²) in [6.45, 7) is 8.34. The third-order valence-corrected chi connectivity index (χ3v) is 2.69. The van der Waals surface area contributed by atoms with Gasteiger partial charge in [-0.1, -0.05) is 20.8 Å². The molecule has 0 amide bonds. The molecule has 1 heterocycles. The first-order valence-corrected chi connectivity index (χ1v) is 6.80. The molecule has 0 saturated carbocycles. The second-order valence-corrected chi connectivity index (χ2v) is 4.91. The van der Waals surface area contributed by atoms with Gasteiger partial charge in [0.05, 0.1) is 13.7 Å². The lowest BCUT2D eigenvalue weighted by Crippen LogP contribution is -2.36. The normalized spacial score (nSPS) is 12.1. The first kappa shape index (κ1) is 16.2. The number of nitrogens with one attached hydrogen (secondary N) is 1. The molecule has 6 nitrogen and oxygen atoms in total. The molecule has 0 fully saturated rings. The number of esters is 1. The van der Waals surface area contributed by atoms with Gasteiger partial charge in [0.15, 0.2) is 0 Å². The lowest BCUT2D eigenvalue weighted by atomic mass is 10.1. The highest BCUT2D eigenvalue weighted by Gasteiger charge is 2.24. The predicted octanol–water partition coefficient (Wildman–Crippen LogP) is 2.18. The van der Waals surface area contributed by atoms with Gasteiger partial charge in [0.1, 0.15) is 6.04 Å². The van der Waals surface area contributed by atoms with Crippen molar-refractivity contribution in [3.63, 3.8) is 0 Å². The van der Waals surface area contributed by atoms with Gasteiger partial charge in [-0.2, -0.15) is 4.98 Å². The Kier molecular flexibility index (Phi) is 6.21. The van der Waals surface area contributed by atoms with Crippen molar-refractivity contribution in [2.45, 2.75) is 40.2 Å². The van der Waals surface area contributed by atoms with Crippen LogP contribution >= 0.6 is 0 Å². The maximum absolute atomic E-state index is 11.7. The molecular formula is C14H23N3O3. The Morgan fingerprint density at radius 1 is 1.40 bits per heavy atom. The van der Waals surface area contributed by atoms with Gasteiger partial charge in [-0.05, 0) is 19.3 Å². The fourth-order valence-electron chi connectivity index (χ4n) is 1.65. The van der Waals surface area contributed by atoms with Crippen LogP contribution in [0.5, 0.6) is 5.88 Å². The van der Waals surface area contributed by atoms with Gasteiger partial charge in [-0.25, -0.2) is 9.78 Å². The lowest BCUT2D eigenvalue weighted by molar-refractivity contribution is -0.142. The smallest absolute Gasteiger partial charge is 0.328 e. The Morgan fingerprint density at radius 2 is 2.10 bits per heavy atom. The molecule has 1 aromatic heterocycles. The Morgan fingerprint density at radius 3 is 2.65 bits per heavy atom. The van der Waals surface area contributed by atoms with E-state index >= 15 is 0 Å². The van der Waals surface area contributed by atoms with Crippen molar-refractivity contribution in [2.75, 3.05) is 19.0 Å². The van der Waals surface area contributed by atoms with Crippen LogP contribution in [0.2, 0.25) is 0 Å². The van der Waals surface area contributed by atoms with Crippen molar-refractivity contribution in [1.82, 2.24) is 9.97 Å². The molecule has 0 saturated heterocycles. The second kappa shape index (κ2) is 7.67. The van der Waals surface area contributed by atoms with E-state index in [0.29, 0.717) is 18.4 Å². The standard InChI is InChI=1S/C14H23N3O3/c1-6-7-20-11-8-10(4)15-14(16-11)17-12(9(2)3)13(18)19-5/h8-9,12H,6-7H2,1-5H3,(H,15,16,17). The number of ether oxygens (including phenoxy) is 2. The van der Waals surface area contributed by atoms with Crippen LogP contribution in [0.3, 0.4) is 0 Å². The number of anilines is 1. The number of nitrogens with zero attached hydrogens (tertiary/aromatic N) is 2. The summed E-state index contributed by atoms with van der Waals surface area (Å²) < 4.78 is 10.3. The Labute approximate surface area is 119 Å². The van der Waals surface area contributed by atoms with Crippen molar-refractivity contribution in [3.8, 4) is 5.88 Å². The largest absolute Gasteiger partial charge is 0.478 e. The minimum atomic E-state index is -0.485. The van der Waals surface area contributed by atoms with Crippen LogP contribution < -0.4 is 10.1 Å². The second-order valence-electron chi connectivity index (χ2n) is 4.91. The highest BCUT2D eigenvalue weighted by Crippen LogP contribution is 2.15. The molecule has 112 valence electrons. The molecule has 1 unspecified atom stereocenters. The average Bonchev–Trinajstić information content (AvgIpc) is 2.40. The van der Waals surface area contributed by atoms with Gasteiger partial charge < -0.3 is 14.8 Å². The quantitative estimate of drug-likeness (QED) is 0.772. The maximum Gasteiger partial charge on any atom is 0.328 e. The number of carbonyl (C=O) groups is 1. The molecule has 1 rings (SSSR count). The molecule has 0 aromatic carbocycles. The fraction of sp³-hybridized carbons (Fsp3) is 0.643. The van der Waals surface area contributed by atoms with E-state index in [0.717, 1.165) is 12.1 Å². The summed E-state index contributed by atoms with van der Waals surface area (Å²) >= 11 is 0. The zero-order chi connectivity index (χ0) is 15.1. The van der Waals surface area contributed by atoms with E-state index in [2.05, 4.69) is 15.3 Å². The van der Waals surface area contributed by atoms with E-state index in [1.165, 1.54) is 7.11 Å². The number of methoxy groups -OCH3 is 1. The summed E-state index contributed by atoms with van der Waals surface area (Å²) in [6, 6.07) is 1.28. The number of hydrogen-bond donors (Lipinski definition) is 1. The summed E-state index contributed by atoms with van der Waals surface area (Å²) in [7, 11) is 1.37. The van der Waals surface area contributed by atoms with Crippen LogP contribution in [0.25, 0.3) is 0 Å². The van der Waals surface area contributed by atoms with Crippen molar-refractivity contribution < 1.29 is 14.3 Å². The molecule has 0 bridgehead atoms. The number of hydrogen-bond acceptors (Lipinski definition) is 6. The van der Waals surface area contributed by atoms with Gasteiger partial charge in [-0.3, -0.25) is 0 Å². The zero-order valence-electron chi connectivity index (χ0n) is 12.8. The van der Waals surface area contributed by atoms with Crippen LogP contribution in [-0.2, 0) is 9.53 Å². The summed E-state index contributed by atoms with van der Waals surface area (Å²) in [5, 5.41) is 3.01. The summed E-state index contributed by atoms with van der Waals surface area (Å²) in [5.74, 6) is 0.613. The molecule has 20 heavy (non-hydrogen) atoms. The minimum Gasteiger partial charge on any atom is -0.478 e. The highest BCUT2D eigenvalue weighted by molar-refractivity contribution is 5.78. The Hall–Kier alpha value is -1.85. The molecule has 1 aromatic rings. The third kappa shape index (κ3) is 4.68. The first-order valence-electron chi connectivity index (χ1n) is 6.80. The Balaban J connectivity index is 2.89. The third-order valence-electron chi connectivity index (χ3n) is 2.69. The Bertz CT molecular complexity index is 449. The molecular weight excluding hydrogens is 258 g/mol. The van der Waals surface area contributed by atoms with Crippen molar-refractivity contribution >= 4 is 11.9 Å². The summed E-state index contributed by atoms with van der Waals surface area (Å²) in [5.41, 5.74) is 0.779. The molecule has 0 aliphatic carbocycles. The van der Waals surface area contributed by atoms with E-state index in [4.69, 9.17) is 9.47 Å². The summed E-state index contributed by atoms with van der Waals surface area (Å²) in [4.78, 5) is 20.3. The van der Waals surface area contributed by atoms with Gasteiger partial charge in [0.2, 0.25) is 11.8 Å². The van der Waals surface area contributed by atoms with Gasteiger partial charge in [0, 0.05) is 11.8 Å². The predicted molar refractivity (Wildman–Crippen MR) is 76.8 cm³/mol. The van der Waals surface area contributed by atoms with Crippen LogP contribution in [0.4, 0.5) is 5.95 Å². The molecule has 1 atom stereocenters. The monoisotopic (exact) mass is 281 g/mol. The van der Waals surface area contributed by atoms with E-state index in [1.54, 1.807) is 6.07 Å². The van der Waals surface area contributed by atoms with Crippen LogP contribution in [0, 0.1) is 12.8 Å². The van der Waals surface area contributed by atoms with Crippen molar-refractivity contribution in [2.24, 2.45) is 5.92 Å². The number of rotatable bonds is 7. The van der Waals surface area contributed by atoms with Crippen molar-refractivity contribution in [1.29, 1.82) is 0 Å². The van der Waals surface area contributed by atoms with Crippen molar-refractivity contribution in [3.05, 3.63) is 11.8 Å². The zero-order valence-corrected chi connectivity index (χ0v) is 12.8. The number of carbonyl (C=O) groups excluding carboxylic acids is 1.